The summed E-state index contributed by atoms with van der Waals surface area (Å²) in [6, 6.07) is 21.0. The molecule has 4 nitrogen and oxygen atoms in total. The number of aromatic nitrogens is 1. The number of hydrogen-bond acceptors (Lipinski definition) is 3. The molecule has 160 valence electrons. The van der Waals surface area contributed by atoms with Gasteiger partial charge in [0.05, 0.1) is 5.56 Å². The first kappa shape index (κ1) is 21.3. The molecule has 1 aliphatic heterocycles. The minimum atomic E-state index is 0.0414. The lowest BCUT2D eigenvalue weighted by atomic mass is 9.87. The molecule has 0 radical (unpaired) electrons. The van der Waals surface area contributed by atoms with Gasteiger partial charge in [-0.3, -0.25) is 9.78 Å². The zero-order valence-corrected chi connectivity index (χ0v) is 18.4. The second-order valence-corrected chi connectivity index (χ2v) is 8.66. The van der Waals surface area contributed by atoms with Gasteiger partial charge in [-0.1, -0.05) is 61.5 Å². The molecule has 31 heavy (non-hydrogen) atoms. The number of carbonyl (C=O) groups is 1. The third-order valence-corrected chi connectivity index (χ3v) is 6.50. The predicted octanol–water partition coefficient (Wildman–Crippen LogP) is 5.27. The van der Waals surface area contributed by atoms with Crippen molar-refractivity contribution in [3.8, 4) is 0 Å². The number of rotatable bonds is 5. The van der Waals surface area contributed by atoms with E-state index < -0.39 is 0 Å². The van der Waals surface area contributed by atoms with Crippen LogP contribution in [0.5, 0.6) is 0 Å². The van der Waals surface area contributed by atoms with Crippen LogP contribution in [0.1, 0.15) is 77.2 Å². The molecule has 1 amide bonds. The standard InChI is InChI=1S/C27H31N3O/c1-19(21-7-4-3-5-8-21)25-16-26(18-29-17-25)27(31)30-13-11-22(12-14-30)24-10-6-9-23(15-24)20(2)28/h3-10,15-20,22H,11-14,28H2,1-2H3. The monoisotopic (exact) mass is 413 g/mol. The average Bonchev–Trinajstić information content (AvgIpc) is 2.84. The van der Waals surface area contributed by atoms with Crippen molar-refractivity contribution >= 4 is 5.91 Å². The van der Waals surface area contributed by atoms with Gasteiger partial charge in [0, 0.05) is 37.4 Å². The number of pyridine rings is 1. The minimum Gasteiger partial charge on any atom is -0.339 e. The van der Waals surface area contributed by atoms with Crippen LogP contribution in [0.15, 0.2) is 73.1 Å². The van der Waals surface area contributed by atoms with Crippen molar-refractivity contribution in [1.29, 1.82) is 0 Å². The van der Waals surface area contributed by atoms with E-state index in [9.17, 15) is 4.79 Å². The quantitative estimate of drug-likeness (QED) is 0.620. The fraction of sp³-hybridized carbons (Fsp3) is 0.333. The van der Waals surface area contributed by atoms with Gasteiger partial charge in [0.15, 0.2) is 0 Å². The molecule has 2 unspecified atom stereocenters. The van der Waals surface area contributed by atoms with Crippen LogP contribution < -0.4 is 5.73 Å². The Hall–Kier alpha value is -2.98. The van der Waals surface area contributed by atoms with E-state index in [1.165, 1.54) is 16.7 Å². The van der Waals surface area contributed by atoms with Crippen LogP contribution in [-0.2, 0) is 0 Å². The van der Waals surface area contributed by atoms with E-state index in [4.69, 9.17) is 5.73 Å². The van der Waals surface area contributed by atoms with E-state index in [2.05, 4.69) is 48.3 Å². The molecule has 2 heterocycles. The molecule has 2 aromatic carbocycles. The van der Waals surface area contributed by atoms with E-state index in [0.29, 0.717) is 11.5 Å². The molecule has 1 fully saturated rings. The number of benzene rings is 2. The van der Waals surface area contributed by atoms with Crippen molar-refractivity contribution in [2.24, 2.45) is 5.73 Å². The molecule has 3 aromatic rings. The second-order valence-electron chi connectivity index (χ2n) is 8.66. The second kappa shape index (κ2) is 9.44. The van der Waals surface area contributed by atoms with Crippen LogP contribution in [0.25, 0.3) is 0 Å². The molecule has 0 bridgehead atoms. The fourth-order valence-corrected chi connectivity index (χ4v) is 4.44. The highest BCUT2D eigenvalue weighted by Gasteiger charge is 2.25. The highest BCUT2D eigenvalue weighted by atomic mass is 16.2. The van der Waals surface area contributed by atoms with Gasteiger partial charge in [0.1, 0.15) is 0 Å². The molecule has 1 aliphatic rings. The molecular weight excluding hydrogens is 382 g/mol. The summed E-state index contributed by atoms with van der Waals surface area (Å²) in [5.41, 5.74) is 11.5. The summed E-state index contributed by atoms with van der Waals surface area (Å²) in [5, 5.41) is 0. The van der Waals surface area contributed by atoms with Gasteiger partial charge < -0.3 is 10.6 Å². The third kappa shape index (κ3) is 4.86. The number of nitrogens with zero attached hydrogens (tertiary/aromatic N) is 2. The number of carbonyl (C=O) groups excluding carboxylic acids is 1. The summed E-state index contributed by atoms with van der Waals surface area (Å²) in [7, 11) is 0. The van der Waals surface area contributed by atoms with E-state index in [1.807, 2.05) is 42.3 Å². The van der Waals surface area contributed by atoms with Gasteiger partial charge in [-0.15, -0.1) is 0 Å². The largest absolute Gasteiger partial charge is 0.339 e. The molecule has 0 spiro atoms. The maximum absolute atomic E-state index is 13.2. The number of amides is 1. The van der Waals surface area contributed by atoms with Crippen molar-refractivity contribution in [2.75, 3.05) is 13.1 Å². The van der Waals surface area contributed by atoms with Gasteiger partial charge in [-0.05, 0) is 54.0 Å². The predicted molar refractivity (Wildman–Crippen MR) is 125 cm³/mol. The van der Waals surface area contributed by atoms with E-state index in [0.717, 1.165) is 31.5 Å². The van der Waals surface area contributed by atoms with Crippen molar-refractivity contribution in [2.45, 2.75) is 44.6 Å². The number of likely N-dealkylation sites (tertiary alicyclic amines) is 1. The Balaban J connectivity index is 1.43. The zero-order valence-electron chi connectivity index (χ0n) is 18.4. The molecule has 1 aromatic heterocycles. The lowest BCUT2D eigenvalue weighted by Crippen LogP contribution is -2.38. The van der Waals surface area contributed by atoms with Crippen LogP contribution in [0, 0.1) is 0 Å². The fourth-order valence-electron chi connectivity index (χ4n) is 4.44. The van der Waals surface area contributed by atoms with Gasteiger partial charge >= 0.3 is 0 Å². The summed E-state index contributed by atoms with van der Waals surface area (Å²) >= 11 is 0. The molecule has 4 heteroatoms. The Labute approximate surface area is 185 Å². The van der Waals surface area contributed by atoms with Crippen LogP contribution in [-0.4, -0.2) is 28.9 Å². The van der Waals surface area contributed by atoms with Gasteiger partial charge in [0.25, 0.3) is 5.91 Å². The molecular formula is C27H31N3O. The number of piperidine rings is 1. The maximum atomic E-state index is 13.2. The summed E-state index contributed by atoms with van der Waals surface area (Å²) in [6.07, 6.45) is 5.51. The maximum Gasteiger partial charge on any atom is 0.255 e. The Kier molecular flexibility index (Phi) is 6.47. The minimum absolute atomic E-state index is 0.0414. The normalized spacial score (nSPS) is 16.7. The van der Waals surface area contributed by atoms with Gasteiger partial charge in [-0.25, -0.2) is 0 Å². The molecule has 2 N–H and O–H groups in total. The molecule has 0 saturated carbocycles. The Morgan fingerprint density at radius 2 is 1.65 bits per heavy atom. The van der Waals surface area contributed by atoms with Crippen LogP contribution >= 0.6 is 0 Å². The van der Waals surface area contributed by atoms with Crippen LogP contribution in [0.4, 0.5) is 0 Å². The molecule has 0 aliphatic carbocycles. The van der Waals surface area contributed by atoms with Gasteiger partial charge in [0.2, 0.25) is 0 Å². The van der Waals surface area contributed by atoms with Gasteiger partial charge in [-0.2, -0.15) is 0 Å². The third-order valence-electron chi connectivity index (χ3n) is 6.50. The summed E-state index contributed by atoms with van der Waals surface area (Å²) in [6.45, 7) is 5.71. The lowest BCUT2D eigenvalue weighted by molar-refractivity contribution is 0.0712. The topological polar surface area (TPSA) is 59.2 Å². The Bertz CT molecular complexity index is 1020. The van der Waals surface area contributed by atoms with Crippen molar-refractivity contribution in [3.63, 3.8) is 0 Å². The van der Waals surface area contributed by atoms with Crippen molar-refractivity contribution in [3.05, 3.63) is 101 Å². The first-order chi connectivity index (χ1) is 15.0. The SMILES string of the molecule is CC(N)c1cccc(C2CCN(C(=O)c3cncc(C(C)c4ccccc4)c3)CC2)c1. The molecule has 1 saturated heterocycles. The summed E-state index contributed by atoms with van der Waals surface area (Å²) in [5.74, 6) is 0.757. The first-order valence-corrected chi connectivity index (χ1v) is 11.2. The molecule has 4 rings (SSSR count). The number of nitrogens with two attached hydrogens (primary N) is 1. The highest BCUT2D eigenvalue weighted by Crippen LogP contribution is 2.30. The van der Waals surface area contributed by atoms with E-state index >= 15 is 0 Å². The van der Waals surface area contributed by atoms with Crippen molar-refractivity contribution < 1.29 is 4.79 Å². The first-order valence-electron chi connectivity index (χ1n) is 11.2. The van der Waals surface area contributed by atoms with Crippen LogP contribution in [0.3, 0.4) is 0 Å². The lowest BCUT2D eigenvalue weighted by Gasteiger charge is -2.32. The van der Waals surface area contributed by atoms with E-state index in [1.54, 1.807) is 6.20 Å². The van der Waals surface area contributed by atoms with Crippen LogP contribution in [0.2, 0.25) is 0 Å². The smallest absolute Gasteiger partial charge is 0.255 e. The summed E-state index contributed by atoms with van der Waals surface area (Å²) in [4.78, 5) is 19.5. The van der Waals surface area contributed by atoms with Crippen molar-refractivity contribution in [1.82, 2.24) is 9.88 Å². The zero-order chi connectivity index (χ0) is 21.8. The Morgan fingerprint density at radius 1 is 0.935 bits per heavy atom. The summed E-state index contributed by atoms with van der Waals surface area (Å²) < 4.78 is 0. The number of hydrogen-bond donors (Lipinski definition) is 1. The van der Waals surface area contributed by atoms with E-state index in [-0.39, 0.29) is 17.9 Å². The Morgan fingerprint density at radius 3 is 2.35 bits per heavy atom. The molecule has 2 atom stereocenters. The average molecular weight is 414 g/mol. The highest BCUT2D eigenvalue weighted by molar-refractivity contribution is 5.94.